The van der Waals surface area contributed by atoms with Crippen LogP contribution in [0.2, 0.25) is 0 Å². The Hall–Kier alpha value is -3.42. The second-order valence-electron chi connectivity index (χ2n) is 6.09. The average molecular weight is 372 g/mol. The number of ether oxygens (including phenoxy) is 2. The Morgan fingerprint density at radius 2 is 1.81 bits per heavy atom. The molecule has 1 amide bonds. The van der Waals surface area contributed by atoms with Crippen LogP contribution in [0.5, 0.6) is 5.75 Å². The molecule has 0 atom stereocenters. The smallest absolute Gasteiger partial charge is 0.338 e. The third-order valence-electron chi connectivity index (χ3n) is 3.42. The lowest BCUT2D eigenvalue weighted by Crippen LogP contribution is -2.21. The van der Waals surface area contributed by atoms with E-state index in [4.69, 9.17) is 9.47 Å². The van der Waals surface area contributed by atoms with Crippen molar-refractivity contribution >= 4 is 23.3 Å². The molecular weight excluding hydrogens is 352 g/mol. The molecule has 1 N–H and O–H groups in total. The van der Waals surface area contributed by atoms with Gasteiger partial charge in [0.1, 0.15) is 11.4 Å². The van der Waals surface area contributed by atoms with Gasteiger partial charge in [-0.05, 0) is 56.7 Å². The van der Waals surface area contributed by atoms with Crippen LogP contribution in [0, 0.1) is 17.0 Å². The van der Waals surface area contributed by atoms with Gasteiger partial charge in [0.05, 0.1) is 16.6 Å². The second kappa shape index (κ2) is 8.79. The molecule has 2 aromatic carbocycles. The molecule has 2 aromatic rings. The second-order valence-corrected chi connectivity index (χ2v) is 6.09. The number of nitrogens with one attached hydrogen (secondary N) is 1. The highest BCUT2D eigenvalue weighted by Crippen LogP contribution is 2.25. The molecule has 0 radical (unpaired) electrons. The third-order valence-corrected chi connectivity index (χ3v) is 3.42. The Morgan fingerprint density at radius 1 is 1.15 bits per heavy atom. The number of aryl methyl sites for hydroxylation is 1. The van der Waals surface area contributed by atoms with Gasteiger partial charge in [-0.15, -0.1) is 0 Å². The molecular formula is C19H20N2O6. The first-order valence-electron chi connectivity index (χ1n) is 8.25. The van der Waals surface area contributed by atoms with Crippen LogP contribution >= 0.6 is 0 Å². The van der Waals surface area contributed by atoms with E-state index in [9.17, 15) is 19.7 Å². The van der Waals surface area contributed by atoms with Crippen molar-refractivity contribution in [3.63, 3.8) is 0 Å². The number of esters is 1. The Bertz CT molecular complexity index is 846. The highest BCUT2D eigenvalue weighted by molar-refractivity contribution is 5.96. The van der Waals surface area contributed by atoms with E-state index in [1.807, 2.05) is 13.8 Å². The Balaban J connectivity index is 1.94. The van der Waals surface area contributed by atoms with E-state index in [1.54, 1.807) is 25.1 Å². The number of amides is 1. The van der Waals surface area contributed by atoms with E-state index in [2.05, 4.69) is 5.32 Å². The van der Waals surface area contributed by atoms with Crippen molar-refractivity contribution in [1.29, 1.82) is 0 Å². The zero-order valence-corrected chi connectivity index (χ0v) is 15.2. The number of hydrogen-bond acceptors (Lipinski definition) is 6. The predicted molar refractivity (Wildman–Crippen MR) is 99.0 cm³/mol. The quantitative estimate of drug-likeness (QED) is 0.453. The molecule has 0 bridgehead atoms. The van der Waals surface area contributed by atoms with Crippen LogP contribution in [-0.4, -0.2) is 29.5 Å². The summed E-state index contributed by atoms with van der Waals surface area (Å²) in [6, 6.07) is 10.7. The first kappa shape index (κ1) is 19.9. The van der Waals surface area contributed by atoms with Crippen LogP contribution in [0.25, 0.3) is 0 Å². The Morgan fingerprint density at radius 3 is 2.41 bits per heavy atom. The fourth-order valence-corrected chi connectivity index (χ4v) is 2.24. The number of rotatable bonds is 7. The molecule has 0 fully saturated rings. The molecule has 0 saturated heterocycles. The van der Waals surface area contributed by atoms with Crippen molar-refractivity contribution < 1.29 is 24.0 Å². The summed E-state index contributed by atoms with van der Waals surface area (Å²) in [6.07, 6.45) is 0.0114. The lowest BCUT2D eigenvalue weighted by atomic mass is 10.2. The standard InChI is InChI=1S/C19H20N2O6/c1-12(2)27-15-7-5-14(6-8-15)19(23)26-11-18(22)20-16-9-4-13(3)10-17(16)21(24)25/h4-10,12H,11H2,1-3H3,(H,20,22). The van der Waals surface area contributed by atoms with Crippen LogP contribution in [0.3, 0.4) is 0 Å². The van der Waals surface area contributed by atoms with Gasteiger partial charge in [0.25, 0.3) is 11.6 Å². The number of carbonyl (C=O) groups excluding carboxylic acids is 2. The number of nitro benzene ring substituents is 1. The van der Waals surface area contributed by atoms with Gasteiger partial charge in [-0.25, -0.2) is 4.79 Å². The molecule has 8 nitrogen and oxygen atoms in total. The van der Waals surface area contributed by atoms with Gasteiger partial charge in [-0.3, -0.25) is 14.9 Å². The normalized spacial score (nSPS) is 10.4. The highest BCUT2D eigenvalue weighted by Gasteiger charge is 2.17. The number of benzene rings is 2. The van der Waals surface area contributed by atoms with E-state index >= 15 is 0 Å². The molecule has 0 aromatic heterocycles. The van der Waals surface area contributed by atoms with Crippen molar-refractivity contribution in [2.45, 2.75) is 26.9 Å². The molecule has 8 heteroatoms. The van der Waals surface area contributed by atoms with E-state index < -0.39 is 23.4 Å². The molecule has 0 aliphatic heterocycles. The lowest BCUT2D eigenvalue weighted by Gasteiger charge is -2.10. The van der Waals surface area contributed by atoms with Gasteiger partial charge >= 0.3 is 5.97 Å². The summed E-state index contributed by atoms with van der Waals surface area (Å²) in [5, 5.41) is 13.4. The maximum atomic E-state index is 12.0. The van der Waals surface area contributed by atoms with Gasteiger partial charge in [0.15, 0.2) is 6.61 Å². The van der Waals surface area contributed by atoms with Crippen molar-refractivity contribution in [2.24, 2.45) is 0 Å². The summed E-state index contributed by atoms with van der Waals surface area (Å²) in [6.45, 7) is 4.92. The minimum atomic E-state index is -0.681. The molecule has 0 heterocycles. The molecule has 27 heavy (non-hydrogen) atoms. The maximum absolute atomic E-state index is 12.0. The van der Waals surface area contributed by atoms with E-state index in [0.29, 0.717) is 11.3 Å². The topological polar surface area (TPSA) is 108 Å². The summed E-state index contributed by atoms with van der Waals surface area (Å²) in [5.74, 6) is -0.735. The Labute approximate surface area is 156 Å². The fourth-order valence-electron chi connectivity index (χ4n) is 2.24. The number of nitrogens with zero attached hydrogens (tertiary/aromatic N) is 1. The molecule has 2 rings (SSSR count). The summed E-state index contributed by atoms with van der Waals surface area (Å²) in [5.41, 5.74) is 0.772. The van der Waals surface area contributed by atoms with Crippen LogP contribution in [0.4, 0.5) is 11.4 Å². The van der Waals surface area contributed by atoms with Crippen molar-refractivity contribution in [3.05, 3.63) is 63.7 Å². The number of nitro groups is 1. The minimum absolute atomic E-state index is 0.0114. The van der Waals surface area contributed by atoms with Crippen molar-refractivity contribution in [2.75, 3.05) is 11.9 Å². The number of carbonyl (C=O) groups is 2. The average Bonchev–Trinajstić information content (AvgIpc) is 2.61. The maximum Gasteiger partial charge on any atom is 0.338 e. The molecule has 0 aliphatic carbocycles. The summed E-state index contributed by atoms with van der Waals surface area (Å²) >= 11 is 0. The van der Waals surface area contributed by atoms with E-state index in [1.165, 1.54) is 24.3 Å². The fraction of sp³-hybridized carbons (Fsp3) is 0.263. The first-order valence-corrected chi connectivity index (χ1v) is 8.25. The van der Waals surface area contributed by atoms with Crippen LogP contribution < -0.4 is 10.1 Å². The summed E-state index contributed by atoms with van der Waals surface area (Å²) in [7, 11) is 0. The van der Waals surface area contributed by atoms with Crippen LogP contribution in [0.15, 0.2) is 42.5 Å². The molecule has 0 spiro atoms. The van der Waals surface area contributed by atoms with Gasteiger partial charge in [-0.2, -0.15) is 0 Å². The van der Waals surface area contributed by atoms with Gasteiger partial charge in [-0.1, -0.05) is 6.07 Å². The van der Waals surface area contributed by atoms with Gasteiger partial charge in [0, 0.05) is 6.07 Å². The Kier molecular flexibility index (Phi) is 6.48. The summed E-state index contributed by atoms with van der Waals surface area (Å²) in [4.78, 5) is 34.4. The van der Waals surface area contributed by atoms with Gasteiger partial charge in [0.2, 0.25) is 0 Å². The molecule has 0 saturated carbocycles. The molecule has 142 valence electrons. The monoisotopic (exact) mass is 372 g/mol. The van der Waals surface area contributed by atoms with Crippen molar-refractivity contribution in [1.82, 2.24) is 0 Å². The largest absolute Gasteiger partial charge is 0.491 e. The minimum Gasteiger partial charge on any atom is -0.491 e. The van der Waals surface area contributed by atoms with E-state index in [0.717, 1.165) is 0 Å². The number of hydrogen-bond donors (Lipinski definition) is 1. The SMILES string of the molecule is Cc1ccc(NC(=O)COC(=O)c2ccc(OC(C)C)cc2)c([N+](=O)[O-])c1. The molecule has 0 unspecified atom stereocenters. The highest BCUT2D eigenvalue weighted by atomic mass is 16.6. The summed E-state index contributed by atoms with van der Waals surface area (Å²) < 4.78 is 10.4. The van der Waals surface area contributed by atoms with Crippen molar-refractivity contribution in [3.8, 4) is 5.75 Å². The van der Waals surface area contributed by atoms with Gasteiger partial charge < -0.3 is 14.8 Å². The van der Waals surface area contributed by atoms with E-state index in [-0.39, 0.29) is 23.0 Å². The van der Waals surface area contributed by atoms with Crippen LogP contribution in [-0.2, 0) is 9.53 Å². The first-order chi connectivity index (χ1) is 12.8. The van der Waals surface area contributed by atoms with Crippen LogP contribution in [0.1, 0.15) is 29.8 Å². The predicted octanol–water partition coefficient (Wildman–Crippen LogP) is 3.49. The zero-order chi connectivity index (χ0) is 20.0. The lowest BCUT2D eigenvalue weighted by molar-refractivity contribution is -0.384. The molecule has 0 aliphatic rings. The zero-order valence-electron chi connectivity index (χ0n) is 15.2. The third kappa shape index (κ3) is 5.81. The number of anilines is 1.